The normalized spacial score (nSPS) is 16.6. The van der Waals surface area contributed by atoms with Gasteiger partial charge in [-0.2, -0.15) is 5.10 Å². The Kier molecular flexibility index (Phi) is 5.30. The van der Waals surface area contributed by atoms with E-state index in [0.29, 0.717) is 13.2 Å². The maximum Gasteiger partial charge on any atom is 0.164 e. The van der Waals surface area contributed by atoms with Gasteiger partial charge in [0.05, 0.1) is 32.3 Å². The zero-order chi connectivity index (χ0) is 18.8. The Balaban J connectivity index is 1.63. The van der Waals surface area contributed by atoms with Crippen LogP contribution in [-0.4, -0.2) is 47.2 Å². The van der Waals surface area contributed by atoms with E-state index in [-0.39, 0.29) is 6.04 Å². The van der Waals surface area contributed by atoms with Gasteiger partial charge in [0.15, 0.2) is 5.65 Å². The summed E-state index contributed by atoms with van der Waals surface area (Å²) in [5.41, 5.74) is 1.84. The molecule has 0 spiro atoms. The second-order valence-corrected chi connectivity index (χ2v) is 7.23. The minimum Gasteiger partial charge on any atom is -0.497 e. The molecule has 142 valence electrons. The van der Waals surface area contributed by atoms with Crippen LogP contribution in [0.2, 0.25) is 0 Å². The number of aromatic nitrogens is 4. The fraction of sp³-hybridized carbons (Fsp3) is 0.389. The number of rotatable bonds is 6. The first kappa shape index (κ1) is 18.2. The van der Waals surface area contributed by atoms with Gasteiger partial charge < -0.3 is 19.5 Å². The second-order valence-electron chi connectivity index (χ2n) is 6.21. The van der Waals surface area contributed by atoms with Crippen LogP contribution in [0.5, 0.6) is 11.5 Å². The molecule has 1 atom stereocenters. The number of nitrogens with one attached hydrogen (secondary N) is 1. The molecular weight excluding hydrogens is 461 g/mol. The van der Waals surface area contributed by atoms with E-state index in [0.717, 1.165) is 50.6 Å². The minimum atomic E-state index is 0.223. The number of anilines is 1. The minimum absolute atomic E-state index is 0.223. The highest BCUT2D eigenvalue weighted by Crippen LogP contribution is 2.30. The van der Waals surface area contributed by atoms with Gasteiger partial charge in [0.25, 0.3) is 0 Å². The fourth-order valence-electron chi connectivity index (χ4n) is 3.21. The van der Waals surface area contributed by atoms with E-state index < -0.39 is 0 Å². The summed E-state index contributed by atoms with van der Waals surface area (Å²) in [5.74, 6) is 2.28. The Morgan fingerprint density at radius 2 is 2.19 bits per heavy atom. The van der Waals surface area contributed by atoms with Crippen molar-refractivity contribution in [3.8, 4) is 11.5 Å². The van der Waals surface area contributed by atoms with Crippen molar-refractivity contribution in [1.29, 1.82) is 0 Å². The summed E-state index contributed by atoms with van der Waals surface area (Å²) >= 11 is 2.23. The maximum absolute atomic E-state index is 5.50. The summed E-state index contributed by atoms with van der Waals surface area (Å²) in [6, 6.07) is 5.99. The SMILES string of the molecule is COc1ccc(CNc2ncnc3c2c(I)nn3C2CCOC2)c(OC)c1. The average molecular weight is 481 g/mol. The molecule has 1 unspecified atom stereocenters. The number of benzene rings is 1. The Morgan fingerprint density at radius 1 is 1.30 bits per heavy atom. The first-order valence-corrected chi connectivity index (χ1v) is 9.70. The summed E-state index contributed by atoms with van der Waals surface area (Å²) in [5, 5.41) is 9.01. The van der Waals surface area contributed by atoms with Gasteiger partial charge >= 0.3 is 0 Å². The van der Waals surface area contributed by atoms with Crippen molar-refractivity contribution in [2.75, 3.05) is 32.8 Å². The van der Waals surface area contributed by atoms with Crippen LogP contribution in [0.3, 0.4) is 0 Å². The largest absolute Gasteiger partial charge is 0.497 e. The summed E-state index contributed by atoms with van der Waals surface area (Å²) in [6.45, 7) is 1.99. The molecule has 1 saturated heterocycles. The van der Waals surface area contributed by atoms with Crippen LogP contribution < -0.4 is 14.8 Å². The monoisotopic (exact) mass is 481 g/mol. The lowest BCUT2D eigenvalue weighted by atomic mass is 10.2. The molecule has 0 radical (unpaired) electrons. The summed E-state index contributed by atoms with van der Waals surface area (Å²) in [4.78, 5) is 8.90. The molecule has 0 aliphatic carbocycles. The zero-order valence-corrected chi connectivity index (χ0v) is 17.3. The maximum atomic E-state index is 5.50. The van der Waals surface area contributed by atoms with Crippen LogP contribution >= 0.6 is 22.6 Å². The molecule has 1 aliphatic rings. The van der Waals surface area contributed by atoms with E-state index in [1.165, 1.54) is 0 Å². The number of fused-ring (bicyclic) bond motifs is 1. The molecule has 8 nitrogen and oxygen atoms in total. The highest BCUT2D eigenvalue weighted by molar-refractivity contribution is 14.1. The van der Waals surface area contributed by atoms with E-state index in [1.807, 2.05) is 22.9 Å². The van der Waals surface area contributed by atoms with Gasteiger partial charge in [0.2, 0.25) is 0 Å². The molecule has 3 aromatic rings. The molecule has 2 aromatic heterocycles. The van der Waals surface area contributed by atoms with Crippen LogP contribution in [-0.2, 0) is 11.3 Å². The molecule has 1 fully saturated rings. The van der Waals surface area contributed by atoms with Gasteiger partial charge in [0, 0.05) is 24.8 Å². The van der Waals surface area contributed by atoms with Gasteiger partial charge in [-0.25, -0.2) is 14.6 Å². The average Bonchev–Trinajstić information content (AvgIpc) is 3.34. The Bertz CT molecular complexity index is 956. The molecule has 3 heterocycles. The third-order valence-electron chi connectivity index (χ3n) is 4.64. The Morgan fingerprint density at radius 3 is 2.93 bits per heavy atom. The molecule has 27 heavy (non-hydrogen) atoms. The second kappa shape index (κ2) is 7.85. The molecule has 4 rings (SSSR count). The fourth-order valence-corrected chi connectivity index (χ4v) is 3.94. The van der Waals surface area contributed by atoms with Crippen molar-refractivity contribution in [3.05, 3.63) is 33.8 Å². The van der Waals surface area contributed by atoms with Gasteiger partial charge in [0.1, 0.15) is 27.3 Å². The molecule has 0 amide bonds. The first-order chi connectivity index (χ1) is 13.2. The van der Waals surface area contributed by atoms with Gasteiger partial charge in [-0.3, -0.25) is 0 Å². The lowest BCUT2D eigenvalue weighted by Crippen LogP contribution is -2.11. The molecule has 0 bridgehead atoms. The lowest BCUT2D eigenvalue weighted by Gasteiger charge is -2.12. The van der Waals surface area contributed by atoms with E-state index >= 15 is 0 Å². The van der Waals surface area contributed by atoms with Crippen molar-refractivity contribution in [2.24, 2.45) is 0 Å². The highest BCUT2D eigenvalue weighted by atomic mass is 127. The first-order valence-electron chi connectivity index (χ1n) is 8.62. The number of methoxy groups -OCH3 is 2. The van der Waals surface area contributed by atoms with Crippen LogP contribution in [0, 0.1) is 3.70 Å². The van der Waals surface area contributed by atoms with Gasteiger partial charge in [-0.1, -0.05) is 0 Å². The van der Waals surface area contributed by atoms with Crippen LogP contribution in [0.4, 0.5) is 5.82 Å². The predicted octanol–water partition coefficient (Wildman–Crippen LogP) is 3.02. The molecule has 1 N–H and O–H groups in total. The van der Waals surface area contributed by atoms with Crippen molar-refractivity contribution in [2.45, 2.75) is 19.0 Å². The van der Waals surface area contributed by atoms with Crippen LogP contribution in [0.1, 0.15) is 18.0 Å². The van der Waals surface area contributed by atoms with E-state index in [9.17, 15) is 0 Å². The van der Waals surface area contributed by atoms with Crippen molar-refractivity contribution >= 4 is 39.4 Å². The summed E-state index contributed by atoms with van der Waals surface area (Å²) in [6.07, 6.45) is 2.52. The van der Waals surface area contributed by atoms with Crippen molar-refractivity contribution in [1.82, 2.24) is 19.7 Å². The Hall–Kier alpha value is -2.14. The number of hydrogen-bond donors (Lipinski definition) is 1. The number of hydrogen-bond acceptors (Lipinski definition) is 7. The molecule has 1 aromatic carbocycles. The molecular formula is C18H20IN5O3. The number of nitrogens with zero attached hydrogens (tertiary/aromatic N) is 4. The lowest BCUT2D eigenvalue weighted by molar-refractivity contribution is 0.185. The van der Waals surface area contributed by atoms with E-state index in [4.69, 9.17) is 14.2 Å². The van der Waals surface area contributed by atoms with Crippen molar-refractivity contribution < 1.29 is 14.2 Å². The standard InChI is InChI=1S/C18H20IN5O3/c1-25-13-4-3-11(14(7-13)26-2)8-20-17-15-16(19)23-24(12-5-6-27-9-12)18(15)22-10-21-17/h3-4,7,10,12H,5-6,8-9H2,1-2H3,(H,20,21,22). The topological polar surface area (TPSA) is 83.3 Å². The third kappa shape index (κ3) is 3.53. The predicted molar refractivity (Wildman–Crippen MR) is 109 cm³/mol. The van der Waals surface area contributed by atoms with E-state index in [1.54, 1.807) is 20.5 Å². The summed E-state index contributed by atoms with van der Waals surface area (Å²) < 4.78 is 19.1. The molecule has 9 heteroatoms. The van der Waals surface area contributed by atoms with Gasteiger partial charge in [-0.15, -0.1) is 0 Å². The van der Waals surface area contributed by atoms with E-state index in [2.05, 4.69) is 43.0 Å². The summed E-state index contributed by atoms with van der Waals surface area (Å²) in [7, 11) is 3.29. The molecule has 1 aliphatic heterocycles. The zero-order valence-electron chi connectivity index (χ0n) is 15.1. The quantitative estimate of drug-likeness (QED) is 0.542. The van der Waals surface area contributed by atoms with Crippen LogP contribution in [0.25, 0.3) is 11.0 Å². The highest BCUT2D eigenvalue weighted by Gasteiger charge is 2.24. The smallest absolute Gasteiger partial charge is 0.164 e. The van der Waals surface area contributed by atoms with Gasteiger partial charge in [-0.05, 0) is 41.1 Å². The molecule has 0 saturated carbocycles. The number of halogens is 1. The Labute approximate surface area is 170 Å². The third-order valence-corrected chi connectivity index (χ3v) is 5.39. The van der Waals surface area contributed by atoms with Crippen molar-refractivity contribution in [3.63, 3.8) is 0 Å². The van der Waals surface area contributed by atoms with Crippen LogP contribution in [0.15, 0.2) is 24.5 Å². The number of ether oxygens (including phenoxy) is 3.